The molecule has 1 aliphatic rings. The lowest BCUT2D eigenvalue weighted by molar-refractivity contribution is -0.141. The summed E-state index contributed by atoms with van der Waals surface area (Å²) in [5, 5.41) is 11.9. The van der Waals surface area contributed by atoms with E-state index in [1.165, 1.54) is 18.3 Å². The standard InChI is InChI=1S/C13H18N2O5/c1-8(11-4-3-5-20-11)14-13(18)15-7-9(19-2)6-10(15)12(16)17/h3-5,8-10H,6-7H2,1-2H3,(H,14,18)(H,16,17). The number of likely N-dealkylation sites (tertiary alicyclic amines) is 1. The van der Waals surface area contributed by atoms with E-state index in [9.17, 15) is 9.59 Å². The minimum atomic E-state index is -1.02. The smallest absolute Gasteiger partial charge is 0.326 e. The van der Waals surface area contributed by atoms with Gasteiger partial charge in [0, 0.05) is 20.1 Å². The van der Waals surface area contributed by atoms with E-state index < -0.39 is 18.0 Å². The fourth-order valence-corrected chi connectivity index (χ4v) is 2.30. The van der Waals surface area contributed by atoms with Crippen molar-refractivity contribution in [1.29, 1.82) is 0 Å². The van der Waals surface area contributed by atoms with E-state index in [2.05, 4.69) is 5.32 Å². The summed E-state index contributed by atoms with van der Waals surface area (Å²) < 4.78 is 10.3. The van der Waals surface area contributed by atoms with Gasteiger partial charge in [-0.2, -0.15) is 0 Å². The van der Waals surface area contributed by atoms with E-state index in [0.717, 1.165) is 0 Å². The topological polar surface area (TPSA) is 92.0 Å². The van der Waals surface area contributed by atoms with Crippen LogP contribution in [0.5, 0.6) is 0 Å². The van der Waals surface area contributed by atoms with Gasteiger partial charge in [-0.1, -0.05) is 0 Å². The molecule has 2 rings (SSSR count). The molecule has 0 saturated carbocycles. The lowest BCUT2D eigenvalue weighted by atomic mass is 10.2. The van der Waals surface area contributed by atoms with Crippen LogP contribution in [0, 0.1) is 0 Å². The zero-order chi connectivity index (χ0) is 14.7. The molecular formula is C13H18N2O5. The van der Waals surface area contributed by atoms with Crippen molar-refractivity contribution in [3.8, 4) is 0 Å². The Morgan fingerprint density at radius 1 is 1.60 bits per heavy atom. The van der Waals surface area contributed by atoms with Crippen LogP contribution in [0.4, 0.5) is 4.79 Å². The molecule has 7 nitrogen and oxygen atoms in total. The maximum absolute atomic E-state index is 12.2. The van der Waals surface area contributed by atoms with Crippen LogP contribution in [0.15, 0.2) is 22.8 Å². The summed E-state index contributed by atoms with van der Waals surface area (Å²) in [7, 11) is 1.51. The molecule has 0 aliphatic carbocycles. The molecule has 1 fully saturated rings. The van der Waals surface area contributed by atoms with Gasteiger partial charge in [0.05, 0.1) is 18.4 Å². The first-order chi connectivity index (χ1) is 9.52. The van der Waals surface area contributed by atoms with Gasteiger partial charge in [-0.05, 0) is 19.1 Å². The summed E-state index contributed by atoms with van der Waals surface area (Å²) in [5.41, 5.74) is 0. The molecule has 0 spiro atoms. The number of hydrogen-bond donors (Lipinski definition) is 2. The van der Waals surface area contributed by atoms with Crippen molar-refractivity contribution in [2.45, 2.75) is 31.5 Å². The second kappa shape index (κ2) is 5.96. The number of ether oxygens (including phenoxy) is 1. The Bertz CT molecular complexity index is 473. The monoisotopic (exact) mass is 282 g/mol. The molecule has 1 aromatic rings. The zero-order valence-electron chi connectivity index (χ0n) is 11.4. The number of amides is 2. The highest BCUT2D eigenvalue weighted by Gasteiger charge is 2.40. The zero-order valence-corrected chi connectivity index (χ0v) is 11.4. The van der Waals surface area contributed by atoms with Gasteiger partial charge in [-0.25, -0.2) is 9.59 Å². The first-order valence-electron chi connectivity index (χ1n) is 6.39. The molecule has 7 heteroatoms. The summed E-state index contributed by atoms with van der Waals surface area (Å²) >= 11 is 0. The number of aliphatic carboxylic acids is 1. The van der Waals surface area contributed by atoms with Crippen molar-refractivity contribution in [2.75, 3.05) is 13.7 Å². The lowest BCUT2D eigenvalue weighted by Crippen LogP contribution is -2.46. The van der Waals surface area contributed by atoms with Gasteiger partial charge in [0.1, 0.15) is 11.8 Å². The van der Waals surface area contributed by atoms with Gasteiger partial charge >= 0.3 is 12.0 Å². The van der Waals surface area contributed by atoms with Crippen LogP contribution in [0.1, 0.15) is 25.1 Å². The third-order valence-electron chi connectivity index (χ3n) is 3.45. The molecule has 1 saturated heterocycles. The van der Waals surface area contributed by atoms with Crippen LogP contribution >= 0.6 is 0 Å². The van der Waals surface area contributed by atoms with Gasteiger partial charge < -0.3 is 24.5 Å². The molecule has 0 bridgehead atoms. The molecule has 110 valence electrons. The molecule has 3 atom stereocenters. The van der Waals surface area contributed by atoms with Crippen LogP contribution in [0.2, 0.25) is 0 Å². The lowest BCUT2D eigenvalue weighted by Gasteiger charge is -2.23. The maximum atomic E-state index is 12.2. The number of carboxylic acids is 1. The summed E-state index contributed by atoms with van der Waals surface area (Å²) in [5.74, 6) is -0.405. The normalized spacial score (nSPS) is 23.6. The third kappa shape index (κ3) is 2.93. The molecule has 1 aliphatic heterocycles. The average Bonchev–Trinajstić information content (AvgIpc) is 3.07. The highest BCUT2D eigenvalue weighted by Crippen LogP contribution is 2.21. The van der Waals surface area contributed by atoms with E-state index in [0.29, 0.717) is 12.2 Å². The Morgan fingerprint density at radius 2 is 2.35 bits per heavy atom. The first kappa shape index (κ1) is 14.4. The van der Waals surface area contributed by atoms with Crippen molar-refractivity contribution >= 4 is 12.0 Å². The van der Waals surface area contributed by atoms with E-state index in [-0.39, 0.29) is 18.7 Å². The minimum absolute atomic E-state index is 0.249. The van der Waals surface area contributed by atoms with Crippen molar-refractivity contribution in [3.63, 3.8) is 0 Å². The Labute approximate surface area is 116 Å². The molecule has 3 unspecified atom stereocenters. The number of hydrogen-bond acceptors (Lipinski definition) is 4. The molecule has 1 aromatic heterocycles. The number of nitrogens with zero attached hydrogens (tertiary/aromatic N) is 1. The van der Waals surface area contributed by atoms with Gasteiger partial charge in [-0.3, -0.25) is 0 Å². The molecule has 2 heterocycles. The Balaban J connectivity index is 2.02. The second-order valence-electron chi connectivity index (χ2n) is 4.79. The average molecular weight is 282 g/mol. The fraction of sp³-hybridized carbons (Fsp3) is 0.538. The molecule has 2 amide bonds. The molecule has 0 aromatic carbocycles. The predicted octanol–water partition coefficient (Wildman–Crippen LogP) is 1.22. The van der Waals surface area contributed by atoms with Crippen LogP contribution < -0.4 is 5.32 Å². The number of methoxy groups -OCH3 is 1. The van der Waals surface area contributed by atoms with Crippen molar-refractivity contribution < 1.29 is 23.8 Å². The van der Waals surface area contributed by atoms with Crippen LogP contribution in [0.3, 0.4) is 0 Å². The molecular weight excluding hydrogens is 264 g/mol. The largest absolute Gasteiger partial charge is 0.480 e. The number of furan rings is 1. The fourth-order valence-electron chi connectivity index (χ4n) is 2.30. The summed E-state index contributed by atoms with van der Waals surface area (Å²) in [6, 6.07) is 1.87. The Kier molecular flexibility index (Phi) is 4.29. The number of carbonyl (C=O) groups excluding carboxylic acids is 1. The highest BCUT2D eigenvalue weighted by atomic mass is 16.5. The summed E-state index contributed by atoms with van der Waals surface area (Å²) in [4.78, 5) is 24.7. The second-order valence-corrected chi connectivity index (χ2v) is 4.79. The SMILES string of the molecule is COC1CC(C(=O)O)N(C(=O)NC(C)c2ccco2)C1. The molecule has 20 heavy (non-hydrogen) atoms. The predicted molar refractivity (Wildman–Crippen MR) is 69.2 cm³/mol. The van der Waals surface area contributed by atoms with Crippen LogP contribution in [-0.4, -0.2) is 47.8 Å². The van der Waals surface area contributed by atoms with Crippen molar-refractivity contribution in [1.82, 2.24) is 10.2 Å². The molecule has 2 N–H and O–H groups in total. The van der Waals surface area contributed by atoms with Gasteiger partial charge in [0.15, 0.2) is 0 Å². The van der Waals surface area contributed by atoms with Gasteiger partial charge in [-0.15, -0.1) is 0 Å². The number of rotatable bonds is 4. The van der Waals surface area contributed by atoms with E-state index in [4.69, 9.17) is 14.3 Å². The number of nitrogens with one attached hydrogen (secondary N) is 1. The number of carbonyl (C=O) groups is 2. The van der Waals surface area contributed by atoms with Gasteiger partial charge in [0.2, 0.25) is 0 Å². The minimum Gasteiger partial charge on any atom is -0.480 e. The summed E-state index contributed by atoms with van der Waals surface area (Å²) in [6.07, 6.45) is 1.57. The van der Waals surface area contributed by atoms with Crippen LogP contribution in [0.25, 0.3) is 0 Å². The van der Waals surface area contributed by atoms with E-state index in [1.807, 2.05) is 0 Å². The molecule has 0 radical (unpaired) electrons. The number of carboxylic acid groups (broad SMARTS) is 1. The maximum Gasteiger partial charge on any atom is 0.326 e. The summed E-state index contributed by atoms with van der Waals surface area (Å²) in [6.45, 7) is 2.04. The quantitative estimate of drug-likeness (QED) is 0.866. The third-order valence-corrected chi connectivity index (χ3v) is 3.45. The number of urea groups is 1. The Hall–Kier alpha value is -2.02. The van der Waals surface area contributed by atoms with Gasteiger partial charge in [0.25, 0.3) is 0 Å². The Morgan fingerprint density at radius 3 is 2.90 bits per heavy atom. The van der Waals surface area contributed by atoms with E-state index in [1.54, 1.807) is 19.1 Å². The van der Waals surface area contributed by atoms with Crippen molar-refractivity contribution in [3.05, 3.63) is 24.2 Å². The first-order valence-corrected chi connectivity index (χ1v) is 6.39. The highest BCUT2D eigenvalue weighted by molar-refractivity contribution is 5.83. The van der Waals surface area contributed by atoms with Crippen molar-refractivity contribution in [2.24, 2.45) is 0 Å². The van der Waals surface area contributed by atoms with Crippen LogP contribution in [-0.2, 0) is 9.53 Å². The van der Waals surface area contributed by atoms with E-state index >= 15 is 0 Å².